The van der Waals surface area contributed by atoms with Crippen molar-refractivity contribution in [3.8, 4) is 0 Å². The molecule has 24 heavy (non-hydrogen) atoms. The molecule has 0 aliphatic heterocycles. The monoisotopic (exact) mass is 347 g/mol. The Labute approximate surface area is 142 Å². The number of carboxylic acids is 1. The number of carboxylic acid groups (broad SMARTS) is 1. The molecule has 1 heterocycles. The molecule has 7 nitrogen and oxygen atoms in total. The first-order valence-corrected chi connectivity index (χ1v) is 8.13. The zero-order chi connectivity index (χ0) is 17.7. The van der Waals surface area contributed by atoms with Crippen LogP contribution in [0.4, 0.5) is 10.8 Å². The molecule has 0 unspecified atom stereocenters. The molecule has 3 N–H and O–H groups in total. The Bertz CT molecular complexity index is 770. The van der Waals surface area contributed by atoms with Crippen LogP contribution in [0.1, 0.15) is 41.1 Å². The van der Waals surface area contributed by atoms with Gasteiger partial charge < -0.3 is 15.7 Å². The molecule has 0 atom stereocenters. The fourth-order valence-electron chi connectivity index (χ4n) is 1.90. The van der Waals surface area contributed by atoms with E-state index in [4.69, 9.17) is 5.11 Å². The zero-order valence-electron chi connectivity index (χ0n) is 13.2. The summed E-state index contributed by atoms with van der Waals surface area (Å²) in [5.41, 5.74) is 0.589. The van der Waals surface area contributed by atoms with Gasteiger partial charge in [-0.25, -0.2) is 9.78 Å². The van der Waals surface area contributed by atoms with Crippen molar-refractivity contribution in [1.82, 2.24) is 4.98 Å². The molecule has 0 aliphatic rings. The third kappa shape index (κ3) is 4.88. The zero-order valence-corrected chi connectivity index (χ0v) is 14.0. The van der Waals surface area contributed by atoms with E-state index in [1.807, 2.05) is 13.8 Å². The molecule has 2 aromatic rings. The lowest BCUT2D eigenvalue weighted by atomic mass is 10.1. The van der Waals surface area contributed by atoms with Crippen molar-refractivity contribution in [1.29, 1.82) is 0 Å². The van der Waals surface area contributed by atoms with Gasteiger partial charge in [-0.2, -0.15) is 0 Å². The van der Waals surface area contributed by atoms with E-state index in [0.717, 1.165) is 11.3 Å². The first-order valence-electron chi connectivity index (χ1n) is 7.25. The number of aromatic carboxylic acids is 1. The lowest BCUT2D eigenvalue weighted by molar-refractivity contribution is -0.116. The van der Waals surface area contributed by atoms with Crippen LogP contribution in [0.15, 0.2) is 29.6 Å². The molecule has 0 fully saturated rings. The van der Waals surface area contributed by atoms with Crippen LogP contribution in [0.2, 0.25) is 0 Å². The van der Waals surface area contributed by atoms with Crippen molar-refractivity contribution in [2.45, 2.75) is 20.3 Å². The van der Waals surface area contributed by atoms with E-state index in [9.17, 15) is 14.4 Å². The Morgan fingerprint density at radius 2 is 2.00 bits per heavy atom. The molecule has 0 spiro atoms. The molecular weight excluding hydrogens is 330 g/mol. The minimum atomic E-state index is -1.07. The number of thiazole rings is 1. The van der Waals surface area contributed by atoms with Gasteiger partial charge in [0.1, 0.15) is 5.69 Å². The van der Waals surface area contributed by atoms with Crippen LogP contribution in [-0.2, 0) is 4.79 Å². The second-order valence-electron chi connectivity index (χ2n) is 5.52. The average Bonchev–Trinajstić information content (AvgIpc) is 2.95. The lowest BCUT2D eigenvalue weighted by Crippen LogP contribution is -2.15. The van der Waals surface area contributed by atoms with Gasteiger partial charge in [0, 0.05) is 17.5 Å². The van der Waals surface area contributed by atoms with Crippen LogP contribution >= 0.6 is 11.3 Å². The van der Waals surface area contributed by atoms with Crippen molar-refractivity contribution >= 4 is 39.9 Å². The van der Waals surface area contributed by atoms with E-state index in [1.165, 1.54) is 23.6 Å². The van der Waals surface area contributed by atoms with Crippen LogP contribution in [0.3, 0.4) is 0 Å². The Morgan fingerprint density at radius 1 is 1.25 bits per heavy atom. The number of aromatic nitrogens is 1. The Balaban J connectivity index is 2.02. The summed E-state index contributed by atoms with van der Waals surface area (Å²) in [4.78, 5) is 38.8. The average molecular weight is 347 g/mol. The first kappa shape index (κ1) is 17.6. The van der Waals surface area contributed by atoms with Gasteiger partial charge in [0.05, 0.1) is 5.56 Å². The fraction of sp³-hybridized carbons (Fsp3) is 0.250. The molecule has 1 aromatic carbocycles. The number of nitrogens with one attached hydrogen (secondary N) is 2. The number of hydrogen-bond acceptors (Lipinski definition) is 5. The summed E-state index contributed by atoms with van der Waals surface area (Å²) in [6.07, 6.45) is 0.378. The number of anilines is 2. The van der Waals surface area contributed by atoms with Gasteiger partial charge in [-0.05, 0) is 24.1 Å². The number of carbonyl (C=O) groups excluding carboxylic acids is 2. The predicted octanol–water partition coefficient (Wildman–Crippen LogP) is 3.08. The third-order valence-electron chi connectivity index (χ3n) is 2.94. The molecule has 2 rings (SSSR count). The number of benzene rings is 1. The smallest absolute Gasteiger partial charge is 0.335 e. The molecule has 1 aromatic heterocycles. The Morgan fingerprint density at radius 3 is 2.67 bits per heavy atom. The van der Waals surface area contributed by atoms with Crippen molar-refractivity contribution in [3.63, 3.8) is 0 Å². The largest absolute Gasteiger partial charge is 0.478 e. The normalized spacial score (nSPS) is 10.5. The molecule has 2 amide bonds. The summed E-state index contributed by atoms with van der Waals surface area (Å²) in [7, 11) is 0. The highest BCUT2D eigenvalue weighted by atomic mass is 32.1. The van der Waals surface area contributed by atoms with Gasteiger partial charge in [-0.1, -0.05) is 19.9 Å². The van der Waals surface area contributed by atoms with E-state index in [2.05, 4.69) is 15.6 Å². The fourth-order valence-corrected chi connectivity index (χ4v) is 2.61. The van der Waals surface area contributed by atoms with E-state index in [-0.39, 0.29) is 23.1 Å². The van der Waals surface area contributed by atoms with E-state index in [1.54, 1.807) is 6.07 Å². The number of rotatable bonds is 6. The van der Waals surface area contributed by atoms with Crippen molar-refractivity contribution < 1.29 is 19.5 Å². The Hall–Kier alpha value is -2.74. The maximum atomic E-state index is 12.1. The van der Waals surface area contributed by atoms with E-state index in [0.29, 0.717) is 17.2 Å². The minimum absolute atomic E-state index is 0.0766. The summed E-state index contributed by atoms with van der Waals surface area (Å²) in [5, 5.41) is 16.1. The van der Waals surface area contributed by atoms with E-state index >= 15 is 0 Å². The number of carbonyl (C=O) groups is 3. The molecular formula is C16H17N3O4S. The highest BCUT2D eigenvalue weighted by molar-refractivity contribution is 7.14. The second-order valence-corrected chi connectivity index (χ2v) is 6.38. The molecule has 0 aliphatic carbocycles. The summed E-state index contributed by atoms with van der Waals surface area (Å²) >= 11 is 1.15. The van der Waals surface area contributed by atoms with E-state index < -0.39 is 11.9 Å². The van der Waals surface area contributed by atoms with Gasteiger partial charge in [0.15, 0.2) is 5.13 Å². The third-order valence-corrected chi connectivity index (χ3v) is 3.70. The molecule has 0 saturated carbocycles. The topological polar surface area (TPSA) is 108 Å². The van der Waals surface area contributed by atoms with Crippen LogP contribution in [0, 0.1) is 5.92 Å². The number of hydrogen-bond donors (Lipinski definition) is 3. The molecule has 126 valence electrons. The van der Waals surface area contributed by atoms with Crippen molar-refractivity contribution in [3.05, 3.63) is 40.9 Å². The predicted molar refractivity (Wildman–Crippen MR) is 91.6 cm³/mol. The number of amides is 2. The molecule has 0 bridgehead atoms. The maximum absolute atomic E-state index is 12.1. The number of nitrogens with zero attached hydrogens (tertiary/aromatic N) is 1. The summed E-state index contributed by atoms with van der Waals surface area (Å²) in [6.45, 7) is 3.87. The van der Waals surface area contributed by atoms with Gasteiger partial charge in [0.2, 0.25) is 5.91 Å². The molecule has 8 heteroatoms. The van der Waals surface area contributed by atoms with Gasteiger partial charge >= 0.3 is 5.97 Å². The quantitative estimate of drug-likeness (QED) is 0.744. The highest BCUT2D eigenvalue weighted by Gasteiger charge is 2.14. The van der Waals surface area contributed by atoms with Crippen LogP contribution in [0.25, 0.3) is 0 Å². The Kier molecular flexibility index (Phi) is 5.64. The first-order chi connectivity index (χ1) is 11.3. The molecule has 0 radical (unpaired) electrons. The van der Waals surface area contributed by atoms with Crippen molar-refractivity contribution in [2.75, 3.05) is 10.6 Å². The van der Waals surface area contributed by atoms with Crippen LogP contribution in [-0.4, -0.2) is 27.9 Å². The molecule has 0 saturated heterocycles. The summed E-state index contributed by atoms with van der Waals surface area (Å²) in [6, 6.07) is 5.92. The van der Waals surface area contributed by atoms with Crippen molar-refractivity contribution in [2.24, 2.45) is 5.92 Å². The maximum Gasteiger partial charge on any atom is 0.335 e. The van der Waals surface area contributed by atoms with Gasteiger partial charge in [-0.15, -0.1) is 11.3 Å². The van der Waals surface area contributed by atoms with Gasteiger partial charge in [0.25, 0.3) is 5.91 Å². The summed E-state index contributed by atoms with van der Waals surface area (Å²) < 4.78 is 0. The SMILES string of the molecule is CC(C)CC(=O)Nc1nc(C(=O)Nc2cccc(C(=O)O)c2)cs1. The standard InChI is InChI=1S/C16H17N3O4S/c1-9(2)6-13(20)19-16-18-12(8-24-16)14(21)17-11-5-3-4-10(7-11)15(22)23/h3-5,7-9H,6H2,1-2H3,(H,17,21)(H,22,23)(H,18,19,20). The minimum Gasteiger partial charge on any atom is -0.478 e. The van der Waals surface area contributed by atoms with Crippen LogP contribution in [0.5, 0.6) is 0 Å². The second kappa shape index (κ2) is 7.69. The van der Waals surface area contributed by atoms with Gasteiger partial charge in [-0.3, -0.25) is 9.59 Å². The summed E-state index contributed by atoms with van der Waals surface area (Å²) in [5.74, 6) is -1.47. The van der Waals surface area contributed by atoms with Crippen LogP contribution < -0.4 is 10.6 Å². The highest BCUT2D eigenvalue weighted by Crippen LogP contribution is 2.18. The lowest BCUT2D eigenvalue weighted by Gasteiger charge is -2.04.